The molecule has 1 aromatic carbocycles. The number of nitrogens with zero attached hydrogens (tertiary/aromatic N) is 1. The van der Waals surface area contributed by atoms with E-state index >= 15 is 0 Å². The third kappa shape index (κ3) is 3.23. The van der Waals surface area contributed by atoms with Crippen LogP contribution in [0.3, 0.4) is 0 Å². The number of alkyl halides is 3. The van der Waals surface area contributed by atoms with Crippen LogP contribution in [0.25, 0.3) is 5.57 Å². The Hall–Kier alpha value is -1.29. The molecular weight excluding hydrogens is 263 g/mol. The molecule has 0 N–H and O–H groups in total. The van der Waals surface area contributed by atoms with Gasteiger partial charge < -0.3 is 0 Å². The Kier molecular flexibility index (Phi) is 3.59. The van der Waals surface area contributed by atoms with Crippen LogP contribution in [0.1, 0.15) is 30.4 Å². The summed E-state index contributed by atoms with van der Waals surface area (Å²) in [6.07, 6.45) is 1.33. The molecule has 3 rings (SSSR count). The van der Waals surface area contributed by atoms with E-state index in [1.165, 1.54) is 25.0 Å². The Balaban J connectivity index is 1.71. The number of halogens is 3. The van der Waals surface area contributed by atoms with Crippen molar-refractivity contribution in [1.29, 1.82) is 0 Å². The molecule has 0 saturated heterocycles. The van der Waals surface area contributed by atoms with Gasteiger partial charge in [-0.1, -0.05) is 18.2 Å². The number of hydrogen-bond acceptors (Lipinski definition) is 1. The van der Waals surface area contributed by atoms with Crippen molar-refractivity contribution in [2.75, 3.05) is 19.6 Å². The van der Waals surface area contributed by atoms with Gasteiger partial charge in [0.15, 0.2) is 0 Å². The van der Waals surface area contributed by atoms with Crippen LogP contribution < -0.4 is 0 Å². The molecule has 108 valence electrons. The minimum absolute atomic E-state index is 0.559. The maximum absolute atomic E-state index is 12.7. The average Bonchev–Trinajstić information content (AvgIpc) is 3.23. The lowest BCUT2D eigenvalue weighted by Crippen LogP contribution is -2.30. The molecule has 1 saturated carbocycles. The van der Waals surface area contributed by atoms with E-state index in [2.05, 4.69) is 11.0 Å². The molecule has 20 heavy (non-hydrogen) atoms. The number of hydrogen-bond donors (Lipinski definition) is 0. The predicted octanol–water partition coefficient (Wildman–Crippen LogP) is 4.20. The lowest BCUT2D eigenvalue weighted by atomic mass is 9.97. The Morgan fingerprint density at radius 1 is 1.20 bits per heavy atom. The number of rotatable bonds is 3. The molecule has 0 spiro atoms. The highest BCUT2D eigenvalue weighted by atomic mass is 19.4. The molecule has 0 bridgehead atoms. The fraction of sp³-hybridized carbons (Fsp3) is 0.500. The normalized spacial score (nSPS) is 20.9. The second-order valence-corrected chi connectivity index (χ2v) is 5.76. The molecule has 1 aromatic rings. The summed E-state index contributed by atoms with van der Waals surface area (Å²) in [5.41, 5.74) is 1.20. The van der Waals surface area contributed by atoms with Crippen molar-refractivity contribution in [3.63, 3.8) is 0 Å². The van der Waals surface area contributed by atoms with Gasteiger partial charge in [-0.3, -0.25) is 4.90 Å². The summed E-state index contributed by atoms with van der Waals surface area (Å²) in [4.78, 5) is 2.40. The summed E-state index contributed by atoms with van der Waals surface area (Å²) in [5, 5.41) is 0. The molecule has 0 radical (unpaired) electrons. The quantitative estimate of drug-likeness (QED) is 0.802. The summed E-state index contributed by atoms with van der Waals surface area (Å²) >= 11 is 0. The van der Waals surface area contributed by atoms with Crippen LogP contribution in [0, 0.1) is 5.92 Å². The van der Waals surface area contributed by atoms with Crippen molar-refractivity contribution < 1.29 is 13.2 Å². The Bertz CT molecular complexity index is 515. The van der Waals surface area contributed by atoms with Crippen molar-refractivity contribution in [3.8, 4) is 0 Å². The van der Waals surface area contributed by atoms with E-state index in [1.807, 2.05) is 0 Å². The molecule has 0 amide bonds. The first kappa shape index (κ1) is 13.7. The minimum atomic E-state index is -4.26. The first-order valence-electron chi connectivity index (χ1n) is 7.11. The monoisotopic (exact) mass is 281 g/mol. The SMILES string of the molecule is FC(F)(F)c1cccc(C2=CCN(CC3CC3)CC2)c1. The van der Waals surface area contributed by atoms with Crippen molar-refractivity contribution in [1.82, 2.24) is 4.90 Å². The maximum atomic E-state index is 12.7. The van der Waals surface area contributed by atoms with Gasteiger partial charge in [-0.25, -0.2) is 0 Å². The molecule has 1 aliphatic carbocycles. The van der Waals surface area contributed by atoms with Gasteiger partial charge in [0, 0.05) is 19.6 Å². The Labute approximate surface area is 117 Å². The molecule has 1 aliphatic heterocycles. The van der Waals surface area contributed by atoms with Crippen molar-refractivity contribution in [3.05, 3.63) is 41.5 Å². The van der Waals surface area contributed by atoms with Crippen LogP contribution >= 0.6 is 0 Å². The fourth-order valence-corrected chi connectivity index (χ4v) is 2.70. The lowest BCUT2D eigenvalue weighted by molar-refractivity contribution is -0.137. The molecule has 0 unspecified atom stereocenters. The predicted molar refractivity (Wildman–Crippen MR) is 73.2 cm³/mol. The number of benzene rings is 1. The van der Waals surface area contributed by atoms with Gasteiger partial charge in [0.05, 0.1) is 5.56 Å². The van der Waals surface area contributed by atoms with Gasteiger partial charge in [0.2, 0.25) is 0 Å². The summed E-state index contributed by atoms with van der Waals surface area (Å²) in [5.74, 6) is 0.860. The van der Waals surface area contributed by atoms with E-state index < -0.39 is 11.7 Å². The van der Waals surface area contributed by atoms with E-state index in [9.17, 15) is 13.2 Å². The van der Waals surface area contributed by atoms with Gasteiger partial charge in [-0.2, -0.15) is 13.2 Å². The fourth-order valence-electron chi connectivity index (χ4n) is 2.70. The Morgan fingerprint density at radius 2 is 2.00 bits per heavy atom. The maximum Gasteiger partial charge on any atom is 0.416 e. The van der Waals surface area contributed by atoms with Gasteiger partial charge in [0.1, 0.15) is 0 Å². The molecule has 1 fully saturated rings. The summed E-state index contributed by atoms with van der Waals surface area (Å²) < 4.78 is 38.2. The molecule has 0 atom stereocenters. The summed E-state index contributed by atoms with van der Waals surface area (Å²) in [7, 11) is 0. The highest BCUT2D eigenvalue weighted by molar-refractivity contribution is 5.67. The topological polar surface area (TPSA) is 3.24 Å². The standard InChI is InChI=1S/C16H18F3N/c17-16(18,19)15-3-1-2-14(10-15)13-6-8-20(9-7-13)11-12-4-5-12/h1-3,6,10,12H,4-5,7-9,11H2. The first-order chi connectivity index (χ1) is 9.52. The molecule has 1 nitrogen and oxygen atoms in total. The molecule has 2 aliphatic rings. The van der Waals surface area contributed by atoms with Crippen LogP contribution in [0.15, 0.2) is 30.3 Å². The highest BCUT2D eigenvalue weighted by Gasteiger charge is 2.31. The second kappa shape index (κ2) is 5.24. The zero-order valence-electron chi connectivity index (χ0n) is 11.3. The van der Waals surface area contributed by atoms with Crippen LogP contribution in [-0.2, 0) is 6.18 Å². The lowest BCUT2D eigenvalue weighted by Gasteiger charge is -2.26. The van der Waals surface area contributed by atoms with Crippen LogP contribution in [-0.4, -0.2) is 24.5 Å². The molecule has 4 heteroatoms. The van der Waals surface area contributed by atoms with Crippen LogP contribution in [0.2, 0.25) is 0 Å². The molecule has 1 heterocycles. The van der Waals surface area contributed by atoms with Crippen molar-refractivity contribution in [2.24, 2.45) is 5.92 Å². The van der Waals surface area contributed by atoms with Crippen molar-refractivity contribution in [2.45, 2.75) is 25.4 Å². The van der Waals surface area contributed by atoms with Crippen molar-refractivity contribution >= 4 is 5.57 Å². The summed E-state index contributed by atoms with van der Waals surface area (Å²) in [6, 6.07) is 5.67. The first-order valence-corrected chi connectivity index (χ1v) is 7.11. The van der Waals surface area contributed by atoms with E-state index in [0.717, 1.165) is 43.6 Å². The highest BCUT2D eigenvalue weighted by Crippen LogP contribution is 2.33. The third-order valence-corrected chi connectivity index (χ3v) is 4.07. The Morgan fingerprint density at radius 3 is 2.60 bits per heavy atom. The van der Waals surface area contributed by atoms with E-state index in [0.29, 0.717) is 5.56 Å². The van der Waals surface area contributed by atoms with Gasteiger partial charge in [-0.05, 0) is 48.4 Å². The van der Waals surface area contributed by atoms with Gasteiger partial charge in [-0.15, -0.1) is 0 Å². The largest absolute Gasteiger partial charge is 0.416 e. The van der Waals surface area contributed by atoms with E-state index in [1.54, 1.807) is 6.07 Å². The van der Waals surface area contributed by atoms with E-state index in [4.69, 9.17) is 0 Å². The average molecular weight is 281 g/mol. The zero-order valence-corrected chi connectivity index (χ0v) is 11.3. The summed E-state index contributed by atoms with van der Waals surface area (Å²) in [6.45, 7) is 2.97. The molecular formula is C16H18F3N. The third-order valence-electron chi connectivity index (χ3n) is 4.07. The van der Waals surface area contributed by atoms with Crippen LogP contribution in [0.4, 0.5) is 13.2 Å². The van der Waals surface area contributed by atoms with Crippen LogP contribution in [0.5, 0.6) is 0 Å². The second-order valence-electron chi connectivity index (χ2n) is 5.76. The zero-order chi connectivity index (χ0) is 14.2. The minimum Gasteiger partial charge on any atom is -0.299 e. The van der Waals surface area contributed by atoms with Gasteiger partial charge in [0.25, 0.3) is 0 Å². The van der Waals surface area contributed by atoms with Gasteiger partial charge >= 0.3 is 6.18 Å². The molecule has 0 aromatic heterocycles. The smallest absolute Gasteiger partial charge is 0.299 e. The van der Waals surface area contributed by atoms with E-state index in [-0.39, 0.29) is 0 Å².